The smallest absolute Gasteiger partial charge is 0.333 e. The molecule has 0 bridgehead atoms. The van der Waals surface area contributed by atoms with Gasteiger partial charge in [0.25, 0.3) is 0 Å². The first-order valence-corrected chi connectivity index (χ1v) is 4.03. The molecular formula is C9H12O6. The first-order valence-electron chi connectivity index (χ1n) is 4.03. The Morgan fingerprint density at radius 1 is 0.933 bits per heavy atom. The Morgan fingerprint density at radius 2 is 1.33 bits per heavy atom. The van der Waals surface area contributed by atoms with Gasteiger partial charge < -0.3 is 15.3 Å². The first-order chi connectivity index (χ1) is 6.62. The van der Waals surface area contributed by atoms with Gasteiger partial charge in [-0.25, -0.2) is 9.59 Å². The van der Waals surface area contributed by atoms with Gasteiger partial charge in [0.2, 0.25) is 0 Å². The normalized spacial score (nSPS) is 13.0. The van der Waals surface area contributed by atoms with Gasteiger partial charge in [0.05, 0.1) is 11.0 Å². The van der Waals surface area contributed by atoms with Crippen molar-refractivity contribution in [2.24, 2.45) is 5.41 Å². The van der Waals surface area contributed by atoms with Crippen molar-refractivity contribution in [1.29, 1.82) is 0 Å². The zero-order valence-corrected chi connectivity index (χ0v) is 8.57. The number of carbonyl (C=O) groups is 3. The van der Waals surface area contributed by atoms with Gasteiger partial charge in [0.15, 0.2) is 0 Å². The second-order valence-electron chi connectivity index (χ2n) is 3.54. The van der Waals surface area contributed by atoms with Crippen LogP contribution in [0.15, 0.2) is 11.1 Å². The molecule has 0 spiro atoms. The monoisotopic (exact) mass is 216 g/mol. The Morgan fingerprint density at radius 3 is 1.53 bits per heavy atom. The van der Waals surface area contributed by atoms with Crippen molar-refractivity contribution in [2.45, 2.75) is 20.8 Å². The second-order valence-corrected chi connectivity index (χ2v) is 3.54. The minimum absolute atomic E-state index is 0.477. The third-order valence-corrected chi connectivity index (χ3v) is 2.07. The van der Waals surface area contributed by atoms with Crippen LogP contribution in [0.2, 0.25) is 0 Å². The lowest BCUT2D eigenvalue weighted by Gasteiger charge is -2.21. The van der Waals surface area contributed by atoms with Crippen LogP contribution in [-0.4, -0.2) is 33.2 Å². The molecule has 0 heterocycles. The summed E-state index contributed by atoms with van der Waals surface area (Å²) in [6.07, 6.45) is 0. The van der Waals surface area contributed by atoms with Gasteiger partial charge in [-0.2, -0.15) is 0 Å². The zero-order chi connectivity index (χ0) is 12.4. The van der Waals surface area contributed by atoms with E-state index < -0.39 is 34.5 Å². The Balaban J connectivity index is 5.75. The van der Waals surface area contributed by atoms with Crippen LogP contribution in [0.5, 0.6) is 0 Å². The van der Waals surface area contributed by atoms with E-state index in [-0.39, 0.29) is 0 Å². The topological polar surface area (TPSA) is 112 Å². The summed E-state index contributed by atoms with van der Waals surface area (Å²) >= 11 is 0. The SMILES string of the molecule is CC(C(=O)O)=C(C(=O)O)C(C)(C)C(=O)O. The average Bonchev–Trinajstić information content (AvgIpc) is 2.02. The van der Waals surface area contributed by atoms with E-state index in [1.54, 1.807) is 0 Å². The molecule has 0 atom stereocenters. The third-order valence-electron chi connectivity index (χ3n) is 2.07. The third kappa shape index (κ3) is 2.55. The van der Waals surface area contributed by atoms with Crippen LogP contribution in [0.1, 0.15) is 20.8 Å². The predicted octanol–water partition coefficient (Wildman–Crippen LogP) is 0.583. The first kappa shape index (κ1) is 13.2. The van der Waals surface area contributed by atoms with Gasteiger partial charge in [-0.3, -0.25) is 4.79 Å². The number of hydrogen-bond acceptors (Lipinski definition) is 3. The lowest BCUT2D eigenvalue weighted by atomic mass is 9.81. The van der Waals surface area contributed by atoms with E-state index in [0.29, 0.717) is 0 Å². The quantitative estimate of drug-likeness (QED) is 0.592. The molecule has 6 heteroatoms. The molecule has 0 saturated carbocycles. The summed E-state index contributed by atoms with van der Waals surface area (Å²) < 4.78 is 0. The van der Waals surface area contributed by atoms with Crippen LogP contribution in [0.3, 0.4) is 0 Å². The highest BCUT2D eigenvalue weighted by atomic mass is 16.4. The molecule has 0 unspecified atom stereocenters. The van der Waals surface area contributed by atoms with Crippen LogP contribution < -0.4 is 0 Å². The fourth-order valence-corrected chi connectivity index (χ4v) is 1.11. The van der Waals surface area contributed by atoms with Gasteiger partial charge in [-0.05, 0) is 20.8 Å². The molecule has 3 N–H and O–H groups in total. The second kappa shape index (κ2) is 4.12. The molecule has 6 nitrogen and oxygen atoms in total. The van der Waals surface area contributed by atoms with Crippen molar-refractivity contribution in [2.75, 3.05) is 0 Å². The summed E-state index contributed by atoms with van der Waals surface area (Å²) in [5.74, 6) is -4.37. The van der Waals surface area contributed by atoms with Gasteiger partial charge >= 0.3 is 17.9 Å². The zero-order valence-electron chi connectivity index (χ0n) is 8.57. The Bertz CT molecular complexity index is 350. The standard InChI is InChI=1S/C9H12O6/c1-4(6(10)11)5(7(12)13)9(2,3)8(14)15/h1-3H3,(H,10,11)(H,12,13)(H,14,15). The van der Waals surface area contributed by atoms with Crippen molar-refractivity contribution in [3.63, 3.8) is 0 Å². The summed E-state index contributed by atoms with van der Waals surface area (Å²) in [6.45, 7) is 3.35. The maximum Gasteiger partial charge on any atom is 0.333 e. The van der Waals surface area contributed by atoms with Crippen LogP contribution in [0, 0.1) is 5.41 Å². The molecule has 0 aromatic rings. The van der Waals surface area contributed by atoms with Gasteiger partial charge in [-0.15, -0.1) is 0 Å². The molecule has 0 aliphatic rings. The summed E-state index contributed by atoms with van der Waals surface area (Å²) in [4.78, 5) is 32.2. The van der Waals surface area contributed by atoms with Crippen LogP contribution >= 0.6 is 0 Å². The van der Waals surface area contributed by atoms with Crippen LogP contribution in [0.25, 0.3) is 0 Å². The molecule has 0 aliphatic heterocycles. The Kier molecular flexibility index (Phi) is 3.61. The average molecular weight is 216 g/mol. The number of hydrogen-bond donors (Lipinski definition) is 3. The lowest BCUT2D eigenvalue weighted by Crippen LogP contribution is -2.32. The van der Waals surface area contributed by atoms with E-state index in [9.17, 15) is 14.4 Å². The van der Waals surface area contributed by atoms with E-state index >= 15 is 0 Å². The molecule has 0 saturated heterocycles. The molecule has 0 radical (unpaired) electrons. The number of carboxylic acid groups (broad SMARTS) is 3. The Hall–Kier alpha value is -1.85. The molecule has 84 valence electrons. The summed E-state index contributed by atoms with van der Waals surface area (Å²) in [7, 11) is 0. The van der Waals surface area contributed by atoms with Gasteiger partial charge in [0, 0.05) is 5.57 Å². The fourth-order valence-electron chi connectivity index (χ4n) is 1.11. The highest BCUT2D eigenvalue weighted by molar-refractivity contribution is 6.03. The van der Waals surface area contributed by atoms with E-state index in [4.69, 9.17) is 15.3 Å². The maximum absolute atomic E-state index is 10.8. The molecule has 15 heavy (non-hydrogen) atoms. The number of carboxylic acids is 3. The molecule has 0 fully saturated rings. The molecule has 0 aromatic carbocycles. The van der Waals surface area contributed by atoms with Crippen molar-refractivity contribution < 1.29 is 29.7 Å². The fraction of sp³-hybridized carbons (Fsp3) is 0.444. The van der Waals surface area contributed by atoms with E-state index in [1.165, 1.54) is 0 Å². The van der Waals surface area contributed by atoms with E-state index in [0.717, 1.165) is 20.8 Å². The predicted molar refractivity (Wildman–Crippen MR) is 49.4 cm³/mol. The van der Waals surface area contributed by atoms with Crippen LogP contribution in [-0.2, 0) is 14.4 Å². The highest BCUT2D eigenvalue weighted by Crippen LogP contribution is 2.29. The van der Waals surface area contributed by atoms with Gasteiger partial charge in [-0.1, -0.05) is 0 Å². The molecule has 0 rings (SSSR count). The van der Waals surface area contributed by atoms with Crippen molar-refractivity contribution in [3.8, 4) is 0 Å². The largest absolute Gasteiger partial charge is 0.481 e. The van der Waals surface area contributed by atoms with Crippen molar-refractivity contribution >= 4 is 17.9 Å². The van der Waals surface area contributed by atoms with Gasteiger partial charge in [0.1, 0.15) is 0 Å². The van der Waals surface area contributed by atoms with E-state index in [1.807, 2.05) is 0 Å². The lowest BCUT2D eigenvalue weighted by molar-refractivity contribution is -0.148. The van der Waals surface area contributed by atoms with Crippen LogP contribution in [0.4, 0.5) is 0 Å². The summed E-state index contributed by atoms with van der Waals surface area (Å²) in [5.41, 5.74) is -2.84. The van der Waals surface area contributed by atoms with Crippen molar-refractivity contribution in [3.05, 3.63) is 11.1 Å². The number of rotatable bonds is 4. The minimum atomic E-state index is -1.74. The minimum Gasteiger partial charge on any atom is -0.481 e. The molecular weight excluding hydrogens is 204 g/mol. The Labute approximate surface area is 85.8 Å². The number of aliphatic carboxylic acids is 3. The van der Waals surface area contributed by atoms with Crippen molar-refractivity contribution in [1.82, 2.24) is 0 Å². The highest BCUT2D eigenvalue weighted by Gasteiger charge is 2.38. The van der Waals surface area contributed by atoms with E-state index in [2.05, 4.69) is 0 Å². The molecule has 0 amide bonds. The summed E-state index contributed by atoms with van der Waals surface area (Å²) in [5, 5.41) is 26.2. The molecule has 0 aromatic heterocycles. The maximum atomic E-state index is 10.8. The summed E-state index contributed by atoms with van der Waals surface area (Å²) in [6, 6.07) is 0. The molecule has 0 aliphatic carbocycles.